The van der Waals surface area contributed by atoms with Crippen LogP contribution in [-0.2, 0) is 11.2 Å². The molecular formula is C10H8F3NO2. The number of nitrogens with zero attached hydrogens (tertiary/aromatic N) is 1. The van der Waals surface area contributed by atoms with Crippen LogP contribution in [0.15, 0.2) is 18.2 Å². The number of ether oxygens (including phenoxy) is 1. The van der Waals surface area contributed by atoms with Crippen LogP contribution in [0.5, 0.6) is 5.75 Å². The third-order valence-corrected chi connectivity index (χ3v) is 2.36. The average Bonchev–Trinajstić information content (AvgIpc) is 2.40. The predicted molar refractivity (Wildman–Crippen MR) is 50.2 cm³/mol. The number of halogens is 3. The van der Waals surface area contributed by atoms with Crippen LogP contribution in [0.4, 0.5) is 18.9 Å². The molecule has 0 saturated carbocycles. The molecule has 0 aromatic heterocycles. The molecule has 0 bridgehead atoms. The molecule has 1 aromatic carbocycles. The normalized spacial score (nSPS) is 15.2. The molecule has 6 heteroatoms. The minimum absolute atomic E-state index is 0.112. The average molecular weight is 231 g/mol. The van der Waals surface area contributed by atoms with E-state index in [0.29, 0.717) is 11.3 Å². The molecule has 0 radical (unpaired) electrons. The van der Waals surface area contributed by atoms with Gasteiger partial charge in [0, 0.05) is 12.7 Å². The van der Waals surface area contributed by atoms with Gasteiger partial charge in [0.25, 0.3) is 0 Å². The van der Waals surface area contributed by atoms with Crippen molar-refractivity contribution in [2.45, 2.75) is 12.8 Å². The molecule has 1 aliphatic rings. The maximum atomic E-state index is 11.9. The van der Waals surface area contributed by atoms with Gasteiger partial charge >= 0.3 is 6.36 Å². The largest absolute Gasteiger partial charge is 0.573 e. The second-order valence-corrected chi connectivity index (χ2v) is 3.47. The second kappa shape index (κ2) is 3.40. The lowest BCUT2D eigenvalue weighted by Crippen LogP contribution is -2.20. The van der Waals surface area contributed by atoms with Crippen molar-refractivity contribution in [3.63, 3.8) is 0 Å². The summed E-state index contributed by atoms with van der Waals surface area (Å²) in [7, 11) is 1.58. The molecule has 0 spiro atoms. The highest BCUT2D eigenvalue weighted by molar-refractivity contribution is 6.01. The van der Waals surface area contributed by atoms with E-state index in [1.165, 1.54) is 23.1 Å². The van der Waals surface area contributed by atoms with Gasteiger partial charge in [0.15, 0.2) is 0 Å². The molecule has 0 fully saturated rings. The fraction of sp³-hybridized carbons (Fsp3) is 0.300. The van der Waals surface area contributed by atoms with Crippen LogP contribution in [0.25, 0.3) is 0 Å². The number of anilines is 1. The molecule has 1 heterocycles. The van der Waals surface area contributed by atoms with Gasteiger partial charge in [-0.25, -0.2) is 0 Å². The molecule has 0 unspecified atom stereocenters. The summed E-state index contributed by atoms with van der Waals surface area (Å²) in [5, 5.41) is 0. The van der Waals surface area contributed by atoms with E-state index in [1.54, 1.807) is 7.05 Å². The zero-order valence-corrected chi connectivity index (χ0v) is 8.34. The fourth-order valence-corrected chi connectivity index (χ4v) is 1.64. The highest BCUT2D eigenvalue weighted by Gasteiger charge is 2.32. The van der Waals surface area contributed by atoms with Crippen LogP contribution >= 0.6 is 0 Å². The second-order valence-electron chi connectivity index (χ2n) is 3.47. The Morgan fingerprint density at radius 2 is 2.06 bits per heavy atom. The van der Waals surface area contributed by atoms with Crippen molar-refractivity contribution in [2.75, 3.05) is 11.9 Å². The first-order valence-corrected chi connectivity index (χ1v) is 4.52. The molecule has 1 aliphatic heterocycles. The van der Waals surface area contributed by atoms with E-state index < -0.39 is 6.36 Å². The van der Waals surface area contributed by atoms with Gasteiger partial charge in [0.1, 0.15) is 5.75 Å². The zero-order chi connectivity index (χ0) is 11.9. The summed E-state index contributed by atoms with van der Waals surface area (Å²) >= 11 is 0. The van der Waals surface area contributed by atoms with E-state index in [9.17, 15) is 18.0 Å². The Morgan fingerprint density at radius 1 is 1.38 bits per heavy atom. The number of carbonyl (C=O) groups excluding carboxylic acids is 1. The number of likely N-dealkylation sites (N-methyl/N-ethyl adjacent to an activating group) is 1. The van der Waals surface area contributed by atoms with E-state index >= 15 is 0 Å². The number of hydrogen-bond donors (Lipinski definition) is 0. The summed E-state index contributed by atoms with van der Waals surface area (Å²) in [5.74, 6) is -0.437. The van der Waals surface area contributed by atoms with Crippen molar-refractivity contribution < 1.29 is 22.7 Å². The number of fused-ring (bicyclic) bond motifs is 1. The quantitative estimate of drug-likeness (QED) is 0.740. The summed E-state index contributed by atoms with van der Waals surface area (Å²) in [4.78, 5) is 12.7. The summed E-state index contributed by atoms with van der Waals surface area (Å²) in [6.45, 7) is 0. The molecule has 0 atom stereocenters. The Hall–Kier alpha value is -1.72. The summed E-state index contributed by atoms with van der Waals surface area (Å²) in [6.07, 6.45) is -4.59. The summed E-state index contributed by atoms with van der Waals surface area (Å²) in [6, 6.07) is 3.88. The fourth-order valence-electron chi connectivity index (χ4n) is 1.64. The van der Waals surface area contributed by atoms with Crippen LogP contribution in [0.3, 0.4) is 0 Å². The Kier molecular flexibility index (Phi) is 2.29. The van der Waals surface area contributed by atoms with Gasteiger partial charge in [-0.15, -0.1) is 13.2 Å². The first-order valence-electron chi connectivity index (χ1n) is 4.52. The Morgan fingerprint density at radius 3 is 2.69 bits per heavy atom. The molecule has 3 nitrogen and oxygen atoms in total. The molecule has 0 aliphatic carbocycles. The van der Waals surface area contributed by atoms with Crippen LogP contribution in [0.2, 0.25) is 0 Å². The van der Waals surface area contributed by atoms with Gasteiger partial charge in [0.05, 0.1) is 6.42 Å². The zero-order valence-electron chi connectivity index (χ0n) is 8.34. The lowest BCUT2D eigenvalue weighted by atomic mass is 10.1. The van der Waals surface area contributed by atoms with Crippen LogP contribution in [0.1, 0.15) is 5.56 Å². The molecule has 1 amide bonds. The molecule has 2 rings (SSSR count). The van der Waals surface area contributed by atoms with Gasteiger partial charge in [-0.1, -0.05) is 0 Å². The van der Waals surface area contributed by atoms with Gasteiger partial charge in [-0.2, -0.15) is 0 Å². The van der Waals surface area contributed by atoms with Crippen LogP contribution < -0.4 is 9.64 Å². The maximum absolute atomic E-state index is 11.9. The highest BCUT2D eigenvalue weighted by Crippen LogP contribution is 2.32. The van der Waals surface area contributed by atoms with E-state index in [2.05, 4.69) is 4.74 Å². The SMILES string of the molecule is CN1C(=O)Cc2cc(OC(F)(F)F)ccc21. The molecule has 16 heavy (non-hydrogen) atoms. The monoisotopic (exact) mass is 231 g/mol. The minimum atomic E-state index is -4.71. The van der Waals surface area contributed by atoms with Crippen molar-refractivity contribution >= 4 is 11.6 Å². The third-order valence-electron chi connectivity index (χ3n) is 2.36. The van der Waals surface area contributed by atoms with Crippen molar-refractivity contribution in [1.82, 2.24) is 0 Å². The third kappa shape index (κ3) is 1.95. The van der Waals surface area contributed by atoms with E-state index in [-0.39, 0.29) is 18.1 Å². The Bertz CT molecular complexity index is 442. The number of carbonyl (C=O) groups is 1. The number of benzene rings is 1. The van der Waals surface area contributed by atoms with Gasteiger partial charge in [-0.3, -0.25) is 4.79 Å². The van der Waals surface area contributed by atoms with Crippen molar-refractivity contribution in [2.24, 2.45) is 0 Å². The molecule has 0 saturated heterocycles. The Labute approximate surface area is 89.4 Å². The summed E-state index contributed by atoms with van der Waals surface area (Å²) < 4.78 is 39.6. The van der Waals surface area contributed by atoms with Crippen LogP contribution in [0, 0.1) is 0 Å². The number of hydrogen-bond acceptors (Lipinski definition) is 2. The molecule has 86 valence electrons. The number of amides is 1. The van der Waals surface area contributed by atoms with Crippen molar-refractivity contribution in [3.05, 3.63) is 23.8 Å². The topological polar surface area (TPSA) is 29.5 Å². The molecular weight excluding hydrogens is 223 g/mol. The Balaban J connectivity index is 2.29. The van der Waals surface area contributed by atoms with E-state index in [1.807, 2.05) is 0 Å². The van der Waals surface area contributed by atoms with E-state index in [0.717, 1.165) is 0 Å². The molecule has 1 aromatic rings. The minimum Gasteiger partial charge on any atom is -0.406 e. The van der Waals surface area contributed by atoms with Crippen LogP contribution in [-0.4, -0.2) is 19.3 Å². The smallest absolute Gasteiger partial charge is 0.406 e. The summed E-state index contributed by atoms with van der Waals surface area (Å²) in [5.41, 5.74) is 1.17. The van der Waals surface area contributed by atoms with Gasteiger partial charge < -0.3 is 9.64 Å². The van der Waals surface area contributed by atoms with E-state index in [4.69, 9.17) is 0 Å². The lowest BCUT2D eigenvalue weighted by Gasteiger charge is -2.12. The van der Waals surface area contributed by atoms with Gasteiger partial charge in [0.2, 0.25) is 5.91 Å². The van der Waals surface area contributed by atoms with Gasteiger partial charge in [-0.05, 0) is 23.8 Å². The maximum Gasteiger partial charge on any atom is 0.573 e. The van der Waals surface area contributed by atoms with Crippen molar-refractivity contribution in [3.8, 4) is 5.75 Å². The first kappa shape index (κ1) is 10.8. The first-order chi connectivity index (χ1) is 7.37. The predicted octanol–water partition coefficient (Wildman–Crippen LogP) is 2.10. The number of rotatable bonds is 1. The number of alkyl halides is 3. The highest BCUT2D eigenvalue weighted by atomic mass is 19.4. The standard InChI is InChI=1S/C10H8F3NO2/c1-14-8-3-2-7(16-10(11,12)13)4-6(8)5-9(14)15/h2-4H,5H2,1H3. The lowest BCUT2D eigenvalue weighted by molar-refractivity contribution is -0.274. The molecule has 0 N–H and O–H groups in total. The van der Waals surface area contributed by atoms with Crippen molar-refractivity contribution in [1.29, 1.82) is 0 Å².